The van der Waals surface area contributed by atoms with Gasteiger partial charge in [0.05, 0.1) is 22.0 Å². The number of benzene rings is 1. The Hall–Kier alpha value is -1.81. The summed E-state index contributed by atoms with van der Waals surface area (Å²) in [6, 6.07) is 6.89. The summed E-state index contributed by atoms with van der Waals surface area (Å²) < 4.78 is 1.69. The molecule has 1 aromatic heterocycles. The van der Waals surface area contributed by atoms with Gasteiger partial charge in [0, 0.05) is 6.20 Å². The minimum absolute atomic E-state index is 0.314. The van der Waals surface area contributed by atoms with E-state index >= 15 is 0 Å². The van der Waals surface area contributed by atoms with Crippen LogP contribution in [0.2, 0.25) is 5.02 Å². The number of carbonyl (C=O) groups excluding carboxylic acids is 1. The van der Waals surface area contributed by atoms with Gasteiger partial charge in [-0.15, -0.1) is 0 Å². The highest BCUT2D eigenvalue weighted by Crippen LogP contribution is 2.19. The van der Waals surface area contributed by atoms with E-state index in [0.717, 1.165) is 11.4 Å². The smallest absolute Gasteiger partial charge is 0.250 e. The number of hydrogen-bond acceptors (Lipinski definition) is 2. The molecule has 0 unspecified atom stereocenters. The van der Waals surface area contributed by atoms with Gasteiger partial charge in [-0.3, -0.25) is 4.79 Å². The highest BCUT2D eigenvalue weighted by Gasteiger charge is 2.08. The Morgan fingerprint density at radius 1 is 1.44 bits per heavy atom. The fraction of sp³-hybridized carbons (Fsp3) is 0.0909. The Morgan fingerprint density at radius 2 is 2.19 bits per heavy atom. The molecule has 16 heavy (non-hydrogen) atoms. The van der Waals surface area contributed by atoms with E-state index in [9.17, 15) is 4.79 Å². The lowest BCUT2D eigenvalue weighted by Crippen LogP contribution is -2.11. The topological polar surface area (TPSA) is 60.9 Å². The zero-order valence-corrected chi connectivity index (χ0v) is 9.40. The second-order valence-electron chi connectivity index (χ2n) is 3.43. The molecule has 0 aliphatic carbocycles. The van der Waals surface area contributed by atoms with Crippen LogP contribution in [-0.2, 0) is 0 Å². The monoisotopic (exact) mass is 235 g/mol. The van der Waals surface area contributed by atoms with Gasteiger partial charge in [-0.2, -0.15) is 5.10 Å². The molecule has 0 saturated carbocycles. The predicted octanol–water partition coefficient (Wildman–Crippen LogP) is 1.93. The minimum atomic E-state index is -0.534. The first kappa shape index (κ1) is 10.7. The molecule has 0 spiro atoms. The molecule has 0 fully saturated rings. The fourth-order valence-electron chi connectivity index (χ4n) is 1.41. The lowest BCUT2D eigenvalue weighted by atomic mass is 10.2. The highest BCUT2D eigenvalue weighted by atomic mass is 35.5. The second kappa shape index (κ2) is 3.98. The quantitative estimate of drug-likeness (QED) is 0.865. The number of nitrogens with zero attached hydrogens (tertiary/aromatic N) is 2. The molecule has 0 aliphatic rings. The number of amides is 1. The minimum Gasteiger partial charge on any atom is -0.366 e. The molecule has 2 rings (SSSR count). The SMILES string of the molecule is Cc1ccn(-c2ccc(C(N)=O)c(Cl)c2)n1. The zero-order valence-electron chi connectivity index (χ0n) is 8.64. The number of primary amides is 1. The first-order valence-electron chi connectivity index (χ1n) is 4.70. The van der Waals surface area contributed by atoms with Crippen molar-refractivity contribution in [2.45, 2.75) is 6.92 Å². The summed E-state index contributed by atoms with van der Waals surface area (Å²) in [4.78, 5) is 11.0. The van der Waals surface area contributed by atoms with Crippen molar-refractivity contribution in [2.24, 2.45) is 5.73 Å². The normalized spacial score (nSPS) is 10.4. The fourth-order valence-corrected chi connectivity index (χ4v) is 1.67. The standard InChI is InChI=1S/C11H10ClN3O/c1-7-4-5-15(14-7)8-2-3-9(11(13)16)10(12)6-8/h2-6H,1H3,(H2,13,16). The molecule has 4 nitrogen and oxygen atoms in total. The zero-order chi connectivity index (χ0) is 11.7. The molecule has 0 radical (unpaired) electrons. The average Bonchev–Trinajstić information content (AvgIpc) is 2.64. The molecule has 0 aliphatic heterocycles. The van der Waals surface area contributed by atoms with Crippen LogP contribution in [0.25, 0.3) is 5.69 Å². The lowest BCUT2D eigenvalue weighted by molar-refractivity contribution is 0.100. The summed E-state index contributed by atoms with van der Waals surface area (Å²) in [7, 11) is 0. The predicted molar refractivity (Wildman–Crippen MR) is 61.8 cm³/mol. The second-order valence-corrected chi connectivity index (χ2v) is 3.84. The summed E-state index contributed by atoms with van der Waals surface area (Å²) in [6.07, 6.45) is 1.82. The molecule has 2 aromatic rings. The Labute approximate surface area is 97.6 Å². The van der Waals surface area contributed by atoms with Crippen LogP contribution < -0.4 is 5.73 Å². The average molecular weight is 236 g/mol. The van der Waals surface area contributed by atoms with E-state index in [2.05, 4.69) is 5.10 Å². The van der Waals surface area contributed by atoms with Gasteiger partial charge in [-0.05, 0) is 31.2 Å². The Bertz CT molecular complexity index is 548. The molecule has 2 N–H and O–H groups in total. The van der Waals surface area contributed by atoms with Crippen LogP contribution in [0.1, 0.15) is 16.1 Å². The van der Waals surface area contributed by atoms with Crippen LogP contribution in [-0.4, -0.2) is 15.7 Å². The maximum Gasteiger partial charge on any atom is 0.250 e. The van der Waals surface area contributed by atoms with Crippen LogP contribution in [0.3, 0.4) is 0 Å². The van der Waals surface area contributed by atoms with E-state index in [1.807, 2.05) is 19.2 Å². The molecular formula is C11H10ClN3O. The first-order chi connectivity index (χ1) is 7.58. The molecule has 1 amide bonds. The highest BCUT2D eigenvalue weighted by molar-refractivity contribution is 6.34. The Morgan fingerprint density at radius 3 is 2.69 bits per heavy atom. The Balaban J connectivity index is 2.45. The van der Waals surface area contributed by atoms with E-state index in [1.165, 1.54) is 0 Å². The number of carbonyl (C=O) groups is 1. The van der Waals surface area contributed by atoms with Crippen molar-refractivity contribution < 1.29 is 4.79 Å². The summed E-state index contributed by atoms with van der Waals surface area (Å²) in [6.45, 7) is 1.90. The molecule has 1 heterocycles. The van der Waals surface area contributed by atoms with Crippen molar-refractivity contribution in [3.05, 3.63) is 46.7 Å². The largest absolute Gasteiger partial charge is 0.366 e. The Kier molecular flexibility index (Phi) is 2.66. The van der Waals surface area contributed by atoms with Crippen molar-refractivity contribution in [2.75, 3.05) is 0 Å². The number of rotatable bonds is 2. The summed E-state index contributed by atoms with van der Waals surface area (Å²) in [5.74, 6) is -0.534. The van der Waals surface area contributed by atoms with Crippen molar-refractivity contribution in [1.82, 2.24) is 9.78 Å². The van der Waals surface area contributed by atoms with E-state index in [1.54, 1.807) is 22.9 Å². The van der Waals surface area contributed by atoms with Crippen molar-refractivity contribution in [1.29, 1.82) is 0 Å². The molecule has 0 saturated heterocycles. The number of nitrogens with two attached hydrogens (primary N) is 1. The van der Waals surface area contributed by atoms with Crippen molar-refractivity contribution in [3.63, 3.8) is 0 Å². The van der Waals surface area contributed by atoms with Gasteiger partial charge in [0.15, 0.2) is 0 Å². The van der Waals surface area contributed by atoms with E-state index in [-0.39, 0.29) is 0 Å². The van der Waals surface area contributed by atoms with E-state index in [0.29, 0.717) is 10.6 Å². The number of aryl methyl sites for hydroxylation is 1. The third kappa shape index (κ3) is 1.92. The van der Waals surface area contributed by atoms with Crippen LogP contribution in [0.15, 0.2) is 30.5 Å². The molecular weight excluding hydrogens is 226 g/mol. The summed E-state index contributed by atoms with van der Waals surface area (Å²) in [5, 5.41) is 4.57. The van der Waals surface area contributed by atoms with E-state index in [4.69, 9.17) is 17.3 Å². The summed E-state index contributed by atoms with van der Waals surface area (Å²) in [5.41, 5.74) is 7.18. The number of halogens is 1. The van der Waals surface area contributed by atoms with Crippen molar-refractivity contribution in [3.8, 4) is 5.69 Å². The van der Waals surface area contributed by atoms with Gasteiger partial charge in [0.2, 0.25) is 5.91 Å². The van der Waals surface area contributed by atoms with Crippen LogP contribution in [0, 0.1) is 6.92 Å². The van der Waals surface area contributed by atoms with Gasteiger partial charge in [0.25, 0.3) is 0 Å². The van der Waals surface area contributed by atoms with Crippen molar-refractivity contribution >= 4 is 17.5 Å². The molecule has 0 atom stereocenters. The third-order valence-electron chi connectivity index (χ3n) is 2.21. The number of aromatic nitrogens is 2. The first-order valence-corrected chi connectivity index (χ1v) is 5.08. The maximum atomic E-state index is 11.0. The van der Waals surface area contributed by atoms with Gasteiger partial charge >= 0.3 is 0 Å². The van der Waals surface area contributed by atoms with Crippen LogP contribution >= 0.6 is 11.6 Å². The van der Waals surface area contributed by atoms with E-state index < -0.39 is 5.91 Å². The number of hydrogen-bond donors (Lipinski definition) is 1. The third-order valence-corrected chi connectivity index (χ3v) is 2.52. The van der Waals surface area contributed by atoms with Crippen LogP contribution in [0.4, 0.5) is 0 Å². The molecule has 0 bridgehead atoms. The van der Waals surface area contributed by atoms with Gasteiger partial charge in [-0.25, -0.2) is 4.68 Å². The molecule has 1 aromatic carbocycles. The van der Waals surface area contributed by atoms with Crippen LogP contribution in [0.5, 0.6) is 0 Å². The molecule has 82 valence electrons. The molecule has 5 heteroatoms. The van der Waals surface area contributed by atoms with Gasteiger partial charge in [-0.1, -0.05) is 11.6 Å². The maximum absolute atomic E-state index is 11.0. The van der Waals surface area contributed by atoms with Gasteiger partial charge < -0.3 is 5.73 Å². The summed E-state index contributed by atoms with van der Waals surface area (Å²) >= 11 is 5.94. The van der Waals surface area contributed by atoms with Gasteiger partial charge in [0.1, 0.15) is 0 Å². The lowest BCUT2D eigenvalue weighted by Gasteiger charge is -2.04.